The molecule has 0 aliphatic carbocycles. The van der Waals surface area contributed by atoms with Crippen molar-refractivity contribution in [2.75, 3.05) is 6.61 Å². The standard InChI is InChI=1S/C16H20N2O2/c1-4-9-20-13-8-6-5-7-12(13)15-14(11(2)3)16(19)18-10-17-15/h5-8,10-11H,4,9H2,1-3H3,(H,17,18,19). The summed E-state index contributed by atoms with van der Waals surface area (Å²) in [6, 6.07) is 7.72. The topological polar surface area (TPSA) is 55.0 Å². The molecule has 0 saturated carbocycles. The molecule has 0 unspecified atom stereocenters. The summed E-state index contributed by atoms with van der Waals surface area (Å²) in [4.78, 5) is 19.1. The highest BCUT2D eigenvalue weighted by molar-refractivity contribution is 5.70. The maximum absolute atomic E-state index is 12.0. The van der Waals surface area contributed by atoms with Crippen LogP contribution in [-0.2, 0) is 0 Å². The predicted octanol–water partition coefficient (Wildman–Crippen LogP) is 3.35. The van der Waals surface area contributed by atoms with Crippen molar-refractivity contribution in [1.29, 1.82) is 0 Å². The van der Waals surface area contributed by atoms with E-state index in [1.807, 2.05) is 38.1 Å². The molecule has 0 saturated heterocycles. The van der Waals surface area contributed by atoms with Crippen LogP contribution < -0.4 is 10.3 Å². The number of hydrogen-bond acceptors (Lipinski definition) is 3. The molecule has 0 aliphatic heterocycles. The fourth-order valence-corrected chi connectivity index (χ4v) is 2.16. The van der Waals surface area contributed by atoms with Gasteiger partial charge in [0.25, 0.3) is 5.56 Å². The maximum Gasteiger partial charge on any atom is 0.254 e. The Morgan fingerprint density at radius 1 is 1.30 bits per heavy atom. The lowest BCUT2D eigenvalue weighted by Crippen LogP contribution is -2.16. The van der Waals surface area contributed by atoms with Gasteiger partial charge in [-0.05, 0) is 24.5 Å². The first kappa shape index (κ1) is 14.3. The summed E-state index contributed by atoms with van der Waals surface area (Å²) in [5.41, 5.74) is 2.18. The van der Waals surface area contributed by atoms with Gasteiger partial charge in [0, 0.05) is 11.1 Å². The Balaban J connectivity index is 2.57. The molecule has 20 heavy (non-hydrogen) atoms. The van der Waals surface area contributed by atoms with Gasteiger partial charge in [0.15, 0.2) is 0 Å². The van der Waals surface area contributed by atoms with Crippen molar-refractivity contribution in [1.82, 2.24) is 9.97 Å². The molecule has 0 amide bonds. The number of ether oxygens (including phenoxy) is 1. The van der Waals surface area contributed by atoms with Crippen LogP contribution in [-0.4, -0.2) is 16.6 Å². The molecule has 1 heterocycles. The number of aromatic nitrogens is 2. The molecule has 2 rings (SSSR count). The SMILES string of the molecule is CCCOc1ccccc1-c1nc[nH]c(=O)c1C(C)C. The van der Waals surface area contributed by atoms with E-state index in [0.717, 1.165) is 17.7 Å². The van der Waals surface area contributed by atoms with Crippen LogP contribution in [0.15, 0.2) is 35.4 Å². The van der Waals surface area contributed by atoms with Crippen LogP contribution in [0.5, 0.6) is 5.75 Å². The van der Waals surface area contributed by atoms with Crippen molar-refractivity contribution < 1.29 is 4.74 Å². The summed E-state index contributed by atoms with van der Waals surface area (Å²) < 4.78 is 5.76. The van der Waals surface area contributed by atoms with Crippen LogP contribution in [0.3, 0.4) is 0 Å². The van der Waals surface area contributed by atoms with E-state index in [9.17, 15) is 4.79 Å². The molecule has 1 aromatic carbocycles. The van der Waals surface area contributed by atoms with E-state index in [-0.39, 0.29) is 11.5 Å². The zero-order valence-electron chi connectivity index (χ0n) is 12.1. The van der Waals surface area contributed by atoms with E-state index in [0.29, 0.717) is 17.9 Å². The van der Waals surface area contributed by atoms with Crippen molar-refractivity contribution in [3.05, 3.63) is 46.5 Å². The monoisotopic (exact) mass is 272 g/mol. The Bertz CT molecular complexity index is 632. The van der Waals surface area contributed by atoms with Crippen LogP contribution in [0.4, 0.5) is 0 Å². The minimum absolute atomic E-state index is 0.0877. The first-order chi connectivity index (χ1) is 9.65. The normalized spacial score (nSPS) is 10.8. The van der Waals surface area contributed by atoms with Crippen molar-refractivity contribution in [2.45, 2.75) is 33.1 Å². The van der Waals surface area contributed by atoms with Crippen LogP contribution in [0.1, 0.15) is 38.7 Å². The number of nitrogens with one attached hydrogen (secondary N) is 1. The second-order valence-electron chi connectivity index (χ2n) is 4.99. The van der Waals surface area contributed by atoms with E-state index in [1.165, 1.54) is 6.33 Å². The Morgan fingerprint density at radius 3 is 2.75 bits per heavy atom. The van der Waals surface area contributed by atoms with Crippen molar-refractivity contribution in [2.24, 2.45) is 0 Å². The van der Waals surface area contributed by atoms with Crippen molar-refractivity contribution in [3.8, 4) is 17.0 Å². The highest BCUT2D eigenvalue weighted by atomic mass is 16.5. The van der Waals surface area contributed by atoms with Crippen LogP contribution in [0.2, 0.25) is 0 Å². The van der Waals surface area contributed by atoms with Crippen LogP contribution >= 0.6 is 0 Å². The zero-order chi connectivity index (χ0) is 14.5. The Hall–Kier alpha value is -2.10. The minimum atomic E-state index is -0.0877. The number of benzene rings is 1. The first-order valence-corrected chi connectivity index (χ1v) is 6.95. The summed E-state index contributed by atoms with van der Waals surface area (Å²) >= 11 is 0. The molecule has 106 valence electrons. The molecular weight excluding hydrogens is 252 g/mol. The third kappa shape index (κ3) is 2.90. The van der Waals surface area contributed by atoms with Gasteiger partial charge in [0.2, 0.25) is 0 Å². The lowest BCUT2D eigenvalue weighted by atomic mass is 9.98. The number of rotatable bonds is 5. The summed E-state index contributed by atoms with van der Waals surface area (Å²) in [5, 5.41) is 0. The largest absolute Gasteiger partial charge is 0.493 e. The van der Waals surface area contributed by atoms with E-state index >= 15 is 0 Å². The Morgan fingerprint density at radius 2 is 2.05 bits per heavy atom. The van der Waals surface area contributed by atoms with Gasteiger partial charge in [-0.1, -0.05) is 32.9 Å². The summed E-state index contributed by atoms with van der Waals surface area (Å²) in [6.07, 6.45) is 2.38. The van der Waals surface area contributed by atoms with Gasteiger partial charge >= 0.3 is 0 Å². The molecule has 1 N–H and O–H groups in total. The predicted molar refractivity (Wildman–Crippen MR) is 80.2 cm³/mol. The van der Waals surface area contributed by atoms with Crippen molar-refractivity contribution >= 4 is 0 Å². The minimum Gasteiger partial charge on any atom is -0.493 e. The maximum atomic E-state index is 12.0. The average Bonchev–Trinajstić information content (AvgIpc) is 2.44. The molecule has 0 fully saturated rings. The Labute approximate surface area is 118 Å². The number of hydrogen-bond donors (Lipinski definition) is 1. The van der Waals surface area contributed by atoms with Crippen LogP contribution in [0, 0.1) is 0 Å². The first-order valence-electron chi connectivity index (χ1n) is 6.95. The van der Waals surface area contributed by atoms with E-state index in [2.05, 4.69) is 16.9 Å². The summed E-state index contributed by atoms with van der Waals surface area (Å²) in [6.45, 7) is 6.70. The molecule has 0 aliphatic rings. The van der Waals surface area contributed by atoms with Gasteiger partial charge in [0.1, 0.15) is 5.75 Å². The van der Waals surface area contributed by atoms with Crippen LogP contribution in [0.25, 0.3) is 11.3 Å². The van der Waals surface area contributed by atoms with Gasteiger partial charge in [0.05, 0.1) is 18.6 Å². The number of nitrogens with zero attached hydrogens (tertiary/aromatic N) is 1. The zero-order valence-corrected chi connectivity index (χ0v) is 12.1. The van der Waals surface area contributed by atoms with E-state index in [1.54, 1.807) is 0 Å². The third-order valence-electron chi connectivity index (χ3n) is 3.07. The molecule has 0 radical (unpaired) electrons. The van der Waals surface area contributed by atoms with Gasteiger partial charge in [-0.2, -0.15) is 0 Å². The second kappa shape index (κ2) is 6.37. The molecule has 0 bridgehead atoms. The molecule has 0 spiro atoms. The molecule has 0 atom stereocenters. The molecular formula is C16H20N2O2. The smallest absolute Gasteiger partial charge is 0.254 e. The Kier molecular flexibility index (Phi) is 4.56. The number of para-hydroxylation sites is 1. The van der Waals surface area contributed by atoms with Crippen molar-refractivity contribution in [3.63, 3.8) is 0 Å². The fourth-order valence-electron chi connectivity index (χ4n) is 2.16. The molecule has 4 nitrogen and oxygen atoms in total. The summed E-state index contributed by atoms with van der Waals surface area (Å²) in [5.74, 6) is 0.871. The van der Waals surface area contributed by atoms with E-state index < -0.39 is 0 Å². The second-order valence-corrected chi connectivity index (χ2v) is 4.99. The number of H-pyrrole nitrogens is 1. The molecule has 2 aromatic rings. The van der Waals surface area contributed by atoms with Gasteiger partial charge in [-0.3, -0.25) is 4.79 Å². The summed E-state index contributed by atoms with van der Waals surface area (Å²) in [7, 11) is 0. The average molecular weight is 272 g/mol. The number of aromatic amines is 1. The highest BCUT2D eigenvalue weighted by Crippen LogP contribution is 2.31. The quantitative estimate of drug-likeness (QED) is 0.908. The van der Waals surface area contributed by atoms with Gasteiger partial charge in [-0.25, -0.2) is 4.98 Å². The molecule has 1 aromatic heterocycles. The highest BCUT2D eigenvalue weighted by Gasteiger charge is 2.17. The van der Waals surface area contributed by atoms with Gasteiger partial charge < -0.3 is 9.72 Å². The van der Waals surface area contributed by atoms with Gasteiger partial charge in [-0.15, -0.1) is 0 Å². The fraction of sp³-hybridized carbons (Fsp3) is 0.375. The lowest BCUT2D eigenvalue weighted by molar-refractivity contribution is 0.318. The van der Waals surface area contributed by atoms with E-state index in [4.69, 9.17) is 4.74 Å². The third-order valence-corrected chi connectivity index (χ3v) is 3.07. The lowest BCUT2D eigenvalue weighted by Gasteiger charge is -2.14. The molecule has 4 heteroatoms.